The molecule has 0 fully saturated rings. The molecule has 5 heteroatoms. The third-order valence-corrected chi connectivity index (χ3v) is 4.55. The van der Waals surface area contributed by atoms with E-state index in [9.17, 15) is 9.59 Å². The number of carbonyl (C=O) groups is 2. The lowest BCUT2D eigenvalue weighted by Crippen LogP contribution is -2.30. The van der Waals surface area contributed by atoms with E-state index in [0.29, 0.717) is 17.0 Å². The summed E-state index contributed by atoms with van der Waals surface area (Å²) < 4.78 is 10.5. The van der Waals surface area contributed by atoms with Gasteiger partial charge in [0, 0.05) is 5.69 Å². The molecule has 0 heterocycles. The lowest BCUT2D eigenvalue weighted by molar-refractivity contribution is -0.122. The first-order chi connectivity index (χ1) is 12.6. The van der Waals surface area contributed by atoms with Crippen molar-refractivity contribution in [3.05, 3.63) is 59.2 Å². The SMILES string of the molecule is COC(=O)c1cccc(NC(=O)C(C)Oc2ccc3c(c2)CCCC3)c1. The number of hydrogen-bond donors (Lipinski definition) is 1. The molecule has 0 aromatic heterocycles. The maximum Gasteiger partial charge on any atom is 0.337 e. The largest absolute Gasteiger partial charge is 0.481 e. The molecule has 1 unspecified atom stereocenters. The highest BCUT2D eigenvalue weighted by Crippen LogP contribution is 2.26. The molecule has 3 rings (SSSR count). The first-order valence-electron chi connectivity index (χ1n) is 8.84. The Morgan fingerprint density at radius 2 is 1.81 bits per heavy atom. The molecule has 1 amide bonds. The van der Waals surface area contributed by atoms with Crippen molar-refractivity contribution in [1.29, 1.82) is 0 Å². The summed E-state index contributed by atoms with van der Waals surface area (Å²) in [7, 11) is 1.32. The van der Waals surface area contributed by atoms with Gasteiger partial charge in [0.1, 0.15) is 5.75 Å². The predicted octanol–water partition coefficient (Wildman–Crippen LogP) is 3.76. The molecule has 26 heavy (non-hydrogen) atoms. The number of rotatable bonds is 5. The highest BCUT2D eigenvalue weighted by molar-refractivity contribution is 5.96. The summed E-state index contributed by atoms with van der Waals surface area (Å²) in [4.78, 5) is 24.0. The number of ether oxygens (including phenoxy) is 2. The molecule has 1 atom stereocenters. The molecule has 0 bridgehead atoms. The molecule has 136 valence electrons. The van der Waals surface area contributed by atoms with Crippen LogP contribution in [0.4, 0.5) is 5.69 Å². The molecule has 1 aliphatic carbocycles. The molecule has 0 saturated heterocycles. The van der Waals surface area contributed by atoms with Crippen molar-refractivity contribution >= 4 is 17.6 Å². The van der Waals surface area contributed by atoms with Gasteiger partial charge in [0.25, 0.3) is 5.91 Å². The van der Waals surface area contributed by atoms with Crippen LogP contribution in [0.5, 0.6) is 5.75 Å². The quantitative estimate of drug-likeness (QED) is 0.832. The number of hydrogen-bond acceptors (Lipinski definition) is 4. The van der Waals surface area contributed by atoms with Gasteiger partial charge in [-0.1, -0.05) is 12.1 Å². The van der Waals surface area contributed by atoms with Crippen LogP contribution in [0.1, 0.15) is 41.3 Å². The Morgan fingerprint density at radius 3 is 2.58 bits per heavy atom. The molecule has 0 saturated carbocycles. The number of benzene rings is 2. The second-order valence-electron chi connectivity index (χ2n) is 6.46. The Labute approximate surface area is 153 Å². The van der Waals surface area contributed by atoms with Crippen molar-refractivity contribution in [2.75, 3.05) is 12.4 Å². The fourth-order valence-electron chi connectivity index (χ4n) is 3.13. The average Bonchev–Trinajstić information content (AvgIpc) is 2.67. The monoisotopic (exact) mass is 353 g/mol. The number of fused-ring (bicyclic) bond motifs is 1. The summed E-state index contributed by atoms with van der Waals surface area (Å²) in [6.07, 6.45) is 3.95. The normalized spacial score (nSPS) is 14.1. The smallest absolute Gasteiger partial charge is 0.337 e. The predicted molar refractivity (Wildman–Crippen MR) is 99.6 cm³/mol. The van der Waals surface area contributed by atoms with Gasteiger partial charge in [-0.25, -0.2) is 4.79 Å². The summed E-state index contributed by atoms with van der Waals surface area (Å²) >= 11 is 0. The Morgan fingerprint density at radius 1 is 1.04 bits per heavy atom. The minimum Gasteiger partial charge on any atom is -0.481 e. The van der Waals surface area contributed by atoms with E-state index in [1.54, 1.807) is 31.2 Å². The molecule has 0 spiro atoms. The molecule has 0 radical (unpaired) electrons. The van der Waals surface area contributed by atoms with Crippen LogP contribution in [0, 0.1) is 0 Å². The van der Waals surface area contributed by atoms with Gasteiger partial charge in [-0.05, 0) is 74.1 Å². The minimum atomic E-state index is -0.654. The first-order valence-corrected chi connectivity index (χ1v) is 8.84. The Balaban J connectivity index is 1.64. The second-order valence-corrected chi connectivity index (χ2v) is 6.46. The summed E-state index contributed by atoms with van der Waals surface area (Å²) in [6.45, 7) is 1.71. The van der Waals surface area contributed by atoms with Crippen LogP contribution in [-0.4, -0.2) is 25.1 Å². The molecule has 5 nitrogen and oxygen atoms in total. The topological polar surface area (TPSA) is 64.6 Å². The van der Waals surface area contributed by atoms with Crippen LogP contribution in [-0.2, 0) is 22.4 Å². The zero-order valence-electron chi connectivity index (χ0n) is 15.1. The fourth-order valence-corrected chi connectivity index (χ4v) is 3.13. The third-order valence-electron chi connectivity index (χ3n) is 4.55. The Hall–Kier alpha value is -2.82. The van der Waals surface area contributed by atoms with Crippen molar-refractivity contribution in [3.8, 4) is 5.75 Å². The zero-order valence-corrected chi connectivity index (χ0v) is 15.1. The number of esters is 1. The van der Waals surface area contributed by atoms with Gasteiger partial charge >= 0.3 is 5.97 Å². The van der Waals surface area contributed by atoms with Crippen molar-refractivity contribution in [2.24, 2.45) is 0 Å². The van der Waals surface area contributed by atoms with E-state index < -0.39 is 12.1 Å². The number of aryl methyl sites for hydroxylation is 2. The highest BCUT2D eigenvalue weighted by atomic mass is 16.5. The van der Waals surface area contributed by atoms with E-state index in [-0.39, 0.29) is 5.91 Å². The molecule has 1 N–H and O–H groups in total. The van der Waals surface area contributed by atoms with Gasteiger partial charge in [0.05, 0.1) is 12.7 Å². The maximum atomic E-state index is 12.4. The van der Waals surface area contributed by atoms with Crippen molar-refractivity contribution in [1.82, 2.24) is 0 Å². The summed E-state index contributed by atoms with van der Waals surface area (Å²) in [5.74, 6) is -0.0131. The van der Waals surface area contributed by atoms with Crippen LogP contribution in [0.2, 0.25) is 0 Å². The van der Waals surface area contributed by atoms with Crippen LogP contribution >= 0.6 is 0 Å². The van der Waals surface area contributed by atoms with Crippen molar-refractivity contribution in [3.63, 3.8) is 0 Å². The van der Waals surface area contributed by atoms with Gasteiger partial charge in [-0.3, -0.25) is 4.79 Å². The minimum absolute atomic E-state index is 0.273. The van der Waals surface area contributed by atoms with Crippen LogP contribution in [0.3, 0.4) is 0 Å². The van der Waals surface area contributed by atoms with Crippen LogP contribution < -0.4 is 10.1 Å². The molecular formula is C21H23NO4. The van der Waals surface area contributed by atoms with Gasteiger partial charge in [-0.15, -0.1) is 0 Å². The number of nitrogens with one attached hydrogen (secondary N) is 1. The highest BCUT2D eigenvalue weighted by Gasteiger charge is 2.17. The number of anilines is 1. The average molecular weight is 353 g/mol. The second kappa shape index (κ2) is 8.04. The standard InChI is InChI=1S/C21H23NO4/c1-14(26-19-11-10-15-6-3-4-7-16(15)13-19)20(23)22-18-9-5-8-17(12-18)21(24)25-2/h5,8-14H,3-4,6-7H2,1-2H3,(H,22,23). The Bertz CT molecular complexity index is 815. The summed E-state index contributed by atoms with van der Waals surface area (Å²) in [5, 5.41) is 2.77. The fraction of sp³-hybridized carbons (Fsp3) is 0.333. The van der Waals surface area contributed by atoms with Crippen LogP contribution in [0.15, 0.2) is 42.5 Å². The third kappa shape index (κ3) is 4.23. The Kier molecular flexibility index (Phi) is 5.56. The summed E-state index contributed by atoms with van der Waals surface area (Å²) in [6, 6.07) is 12.7. The van der Waals surface area contributed by atoms with E-state index in [4.69, 9.17) is 9.47 Å². The van der Waals surface area contributed by atoms with Crippen molar-refractivity contribution in [2.45, 2.75) is 38.7 Å². The maximum absolute atomic E-state index is 12.4. The molecule has 2 aromatic rings. The lowest BCUT2D eigenvalue weighted by Gasteiger charge is -2.19. The molecule has 1 aliphatic rings. The molecule has 2 aromatic carbocycles. The van der Waals surface area contributed by atoms with Crippen molar-refractivity contribution < 1.29 is 19.1 Å². The van der Waals surface area contributed by atoms with Crippen LogP contribution in [0.25, 0.3) is 0 Å². The molecular weight excluding hydrogens is 330 g/mol. The number of carbonyl (C=O) groups excluding carboxylic acids is 2. The summed E-state index contributed by atoms with van der Waals surface area (Å²) in [5.41, 5.74) is 3.60. The van der Waals surface area contributed by atoms with E-state index in [2.05, 4.69) is 11.4 Å². The van der Waals surface area contributed by atoms with E-state index >= 15 is 0 Å². The van der Waals surface area contributed by atoms with Gasteiger partial charge in [-0.2, -0.15) is 0 Å². The molecule has 0 aliphatic heterocycles. The zero-order chi connectivity index (χ0) is 18.5. The first kappa shape index (κ1) is 18.0. The lowest BCUT2D eigenvalue weighted by atomic mass is 9.92. The number of amides is 1. The van der Waals surface area contributed by atoms with Gasteiger partial charge in [0.2, 0.25) is 0 Å². The van der Waals surface area contributed by atoms with E-state index in [1.807, 2.05) is 12.1 Å². The van der Waals surface area contributed by atoms with E-state index in [0.717, 1.165) is 12.8 Å². The van der Waals surface area contributed by atoms with E-state index in [1.165, 1.54) is 31.1 Å². The number of methoxy groups -OCH3 is 1. The van der Waals surface area contributed by atoms with Gasteiger partial charge < -0.3 is 14.8 Å². The van der Waals surface area contributed by atoms with Gasteiger partial charge in [0.15, 0.2) is 6.10 Å².